The van der Waals surface area contributed by atoms with Crippen LogP contribution in [0.4, 0.5) is 4.79 Å². The Morgan fingerprint density at radius 3 is 1.82 bits per heavy atom. The Kier molecular flexibility index (Phi) is 27.2. The summed E-state index contributed by atoms with van der Waals surface area (Å²) in [5.74, 6) is -7.35. The Bertz CT molecular complexity index is 2530. The Hall–Kier alpha value is -6.99. The predicted molar refractivity (Wildman–Crippen MR) is 290 cm³/mol. The molecule has 24 heteroatoms. The fourth-order valence-corrected chi connectivity index (χ4v) is 9.67. The number of carboxylic acid groups (broad SMARTS) is 6. The number of carbonyl (C=O) groups is 9. The first-order chi connectivity index (χ1) is 37.1. The Balaban J connectivity index is 1.34. The zero-order valence-electron chi connectivity index (χ0n) is 44.1. The SMILES string of the molecule is CC(=O)[C@H](CCC(=O)O)NC(=O)N[C@@H](CCCCN(Cc1nccc2ccccc12)C(=O)CCCCCC(=S)Cc1ccc(CC2CN(CC(=O)O)CCN(CC(=O)O)CCN(CC(=O)O)CCN2CC(=O)O)cc1)C(=O)O. The lowest BCUT2D eigenvalue weighted by Crippen LogP contribution is -2.53. The molecule has 1 unspecified atom stereocenters. The summed E-state index contributed by atoms with van der Waals surface area (Å²) in [6.07, 6.45) is 5.74. The number of pyridine rings is 1. The molecule has 2 heterocycles. The second-order valence-electron chi connectivity index (χ2n) is 19.7. The Morgan fingerprint density at radius 1 is 0.628 bits per heavy atom. The second-order valence-corrected chi connectivity index (χ2v) is 20.3. The number of ketones is 1. The Labute approximate surface area is 458 Å². The number of aromatic nitrogens is 1. The van der Waals surface area contributed by atoms with Crippen LogP contribution in [-0.4, -0.2) is 215 Å². The van der Waals surface area contributed by atoms with Crippen LogP contribution in [0.5, 0.6) is 0 Å². The number of unbranched alkanes of at least 4 members (excludes halogenated alkanes) is 3. The number of aliphatic carboxylic acids is 6. The van der Waals surface area contributed by atoms with Crippen molar-refractivity contribution in [1.29, 1.82) is 0 Å². The molecule has 3 aromatic rings. The van der Waals surface area contributed by atoms with Crippen molar-refractivity contribution in [3.63, 3.8) is 0 Å². The lowest BCUT2D eigenvalue weighted by atomic mass is 9.99. The van der Waals surface area contributed by atoms with Gasteiger partial charge in [0.1, 0.15) is 6.04 Å². The number of hydrogen-bond donors (Lipinski definition) is 8. The number of urea groups is 1. The molecule has 4 rings (SSSR count). The van der Waals surface area contributed by atoms with Gasteiger partial charge < -0.3 is 46.2 Å². The van der Waals surface area contributed by atoms with Crippen LogP contribution in [0.15, 0.2) is 60.8 Å². The third-order valence-corrected chi connectivity index (χ3v) is 13.8. The highest BCUT2D eigenvalue weighted by Gasteiger charge is 2.29. The smallest absolute Gasteiger partial charge is 0.326 e. The molecule has 0 radical (unpaired) electrons. The topological polar surface area (TPSA) is 328 Å². The summed E-state index contributed by atoms with van der Waals surface area (Å²) in [6, 6.07) is 13.5. The molecule has 1 saturated heterocycles. The minimum absolute atomic E-state index is 0.0287. The number of nitrogens with one attached hydrogen (secondary N) is 2. The lowest BCUT2D eigenvalue weighted by Gasteiger charge is -2.37. The molecular formula is C54H74N8O15S. The first kappa shape index (κ1) is 63.5. The quantitative estimate of drug-likeness (QED) is 0.0328. The highest BCUT2D eigenvalue weighted by Crippen LogP contribution is 2.21. The molecule has 0 spiro atoms. The molecule has 1 aliphatic heterocycles. The molecule has 78 heavy (non-hydrogen) atoms. The van der Waals surface area contributed by atoms with Crippen molar-refractivity contribution < 1.29 is 73.8 Å². The number of hydrogen-bond acceptors (Lipinski definition) is 15. The van der Waals surface area contributed by atoms with Crippen molar-refractivity contribution in [2.24, 2.45) is 0 Å². The summed E-state index contributed by atoms with van der Waals surface area (Å²) in [4.78, 5) is 123. The molecule has 1 aromatic heterocycles. The standard InChI is InChI=1S/C54H74N8O15S/c1-37(63)44(18-19-48(65)66)56-54(77)57-45(53(75)76)12-7-8-22-62(32-46-43-11-6-5-9-40(43)20-21-55-46)47(64)13-4-2-3-10-42(78)30-39-16-14-38(15-17-39)29-41-31-60(35-51(71)72)26-25-58(33-49(67)68)23-24-59(34-50(69)70)27-28-61(41)36-52(73)74/h5-6,9,11,14-17,20-21,41,44-45H,2-4,7-8,10,12-13,18-19,22-36H2,1H3,(H,65,66)(H,67,68)(H,69,70)(H,71,72)(H,73,74)(H,75,76)(H2,56,57,77)/t41?,44-,45-/m0/s1. The van der Waals surface area contributed by atoms with Crippen molar-refractivity contribution in [3.05, 3.63) is 77.6 Å². The van der Waals surface area contributed by atoms with Gasteiger partial charge in [0.05, 0.1) is 44.5 Å². The number of Topliss-reactive ketones (excluding diaryl/α,β-unsaturated/α-hetero) is 1. The number of thiocarbonyl (C=S) groups is 1. The first-order valence-corrected chi connectivity index (χ1v) is 26.6. The number of carbonyl (C=O) groups excluding carboxylic acids is 3. The summed E-state index contributed by atoms with van der Waals surface area (Å²) >= 11 is 5.79. The van der Waals surface area contributed by atoms with E-state index in [2.05, 4.69) is 15.6 Å². The van der Waals surface area contributed by atoms with Crippen LogP contribution < -0.4 is 10.6 Å². The molecule has 1 fully saturated rings. The second kappa shape index (κ2) is 33.3. The summed E-state index contributed by atoms with van der Waals surface area (Å²) < 4.78 is 0. The summed E-state index contributed by atoms with van der Waals surface area (Å²) in [7, 11) is 0. The van der Waals surface area contributed by atoms with E-state index in [0.717, 1.165) is 39.6 Å². The Morgan fingerprint density at radius 2 is 1.21 bits per heavy atom. The first-order valence-electron chi connectivity index (χ1n) is 26.2. The van der Waals surface area contributed by atoms with Gasteiger partial charge in [0.15, 0.2) is 5.78 Å². The van der Waals surface area contributed by atoms with Gasteiger partial charge in [0.2, 0.25) is 5.91 Å². The van der Waals surface area contributed by atoms with E-state index in [1.165, 1.54) is 6.92 Å². The fourth-order valence-electron chi connectivity index (χ4n) is 9.36. The van der Waals surface area contributed by atoms with E-state index in [0.29, 0.717) is 50.8 Å². The number of amides is 3. The minimum Gasteiger partial charge on any atom is -0.481 e. The zero-order chi connectivity index (χ0) is 57.1. The van der Waals surface area contributed by atoms with Crippen LogP contribution in [0.25, 0.3) is 10.8 Å². The summed E-state index contributed by atoms with van der Waals surface area (Å²) in [5.41, 5.74) is 2.52. The van der Waals surface area contributed by atoms with E-state index in [4.69, 9.17) is 17.3 Å². The van der Waals surface area contributed by atoms with Crippen LogP contribution in [-0.2, 0) is 57.7 Å². The molecule has 23 nitrogen and oxygen atoms in total. The van der Waals surface area contributed by atoms with Gasteiger partial charge in [-0.1, -0.05) is 67.2 Å². The van der Waals surface area contributed by atoms with Gasteiger partial charge in [-0.05, 0) is 85.7 Å². The molecule has 426 valence electrons. The van der Waals surface area contributed by atoms with Crippen LogP contribution in [0.3, 0.4) is 0 Å². The minimum atomic E-state index is -1.30. The van der Waals surface area contributed by atoms with Gasteiger partial charge in [-0.2, -0.15) is 0 Å². The van der Waals surface area contributed by atoms with Gasteiger partial charge in [-0.25, -0.2) is 9.59 Å². The molecule has 3 atom stereocenters. The van der Waals surface area contributed by atoms with E-state index in [9.17, 15) is 68.7 Å². The molecule has 8 N–H and O–H groups in total. The zero-order valence-corrected chi connectivity index (χ0v) is 44.9. The van der Waals surface area contributed by atoms with Gasteiger partial charge in [0.25, 0.3) is 0 Å². The van der Waals surface area contributed by atoms with Crippen LogP contribution in [0.1, 0.15) is 88.0 Å². The normalized spacial score (nSPS) is 15.9. The van der Waals surface area contributed by atoms with Crippen LogP contribution >= 0.6 is 12.2 Å². The van der Waals surface area contributed by atoms with Crippen molar-refractivity contribution >= 4 is 81.4 Å². The highest BCUT2D eigenvalue weighted by molar-refractivity contribution is 7.80. The van der Waals surface area contributed by atoms with E-state index < -0.39 is 65.8 Å². The molecule has 0 aliphatic carbocycles. The van der Waals surface area contributed by atoms with E-state index in [1.54, 1.807) is 30.7 Å². The number of benzene rings is 2. The average molecular weight is 1110 g/mol. The van der Waals surface area contributed by atoms with Crippen molar-refractivity contribution in [1.82, 2.24) is 40.1 Å². The largest absolute Gasteiger partial charge is 0.481 e. The summed E-state index contributed by atoms with van der Waals surface area (Å²) in [5, 5.41) is 64.3. The molecule has 3 amide bonds. The van der Waals surface area contributed by atoms with E-state index in [-0.39, 0.29) is 110 Å². The highest BCUT2D eigenvalue weighted by atomic mass is 32.1. The monoisotopic (exact) mass is 1110 g/mol. The molecule has 0 bridgehead atoms. The van der Waals surface area contributed by atoms with Crippen molar-refractivity contribution in [2.45, 2.75) is 109 Å². The average Bonchev–Trinajstić information content (AvgIpc) is 3.37. The fraction of sp³-hybridized carbons (Fsp3) is 0.537. The van der Waals surface area contributed by atoms with Crippen LogP contribution in [0.2, 0.25) is 0 Å². The molecule has 1 aliphatic rings. The maximum Gasteiger partial charge on any atom is 0.326 e. The number of fused-ring (bicyclic) bond motifs is 1. The van der Waals surface area contributed by atoms with E-state index in [1.807, 2.05) is 54.6 Å². The van der Waals surface area contributed by atoms with Crippen LogP contribution in [0, 0.1) is 0 Å². The maximum atomic E-state index is 13.9. The predicted octanol–water partition coefficient (Wildman–Crippen LogP) is 3.34. The lowest BCUT2D eigenvalue weighted by molar-refractivity contribution is -0.142. The van der Waals surface area contributed by atoms with E-state index >= 15 is 0 Å². The van der Waals surface area contributed by atoms with Crippen molar-refractivity contribution in [2.75, 3.05) is 78.5 Å². The molecule has 2 aromatic carbocycles. The van der Waals surface area contributed by atoms with Gasteiger partial charge in [-0.3, -0.25) is 58.1 Å². The number of rotatable bonds is 32. The van der Waals surface area contributed by atoms with Gasteiger partial charge >= 0.3 is 41.8 Å². The number of nitrogens with zero attached hydrogens (tertiary/aromatic N) is 6. The molecular weight excluding hydrogens is 1030 g/mol. The third-order valence-electron chi connectivity index (χ3n) is 13.5. The summed E-state index contributed by atoms with van der Waals surface area (Å²) in [6.45, 7) is 1.65. The van der Waals surface area contributed by atoms with Crippen molar-refractivity contribution in [3.8, 4) is 0 Å². The van der Waals surface area contributed by atoms with Gasteiger partial charge in [0, 0.05) is 89.2 Å². The molecule has 0 saturated carbocycles. The van der Waals surface area contributed by atoms with Gasteiger partial charge in [-0.15, -0.1) is 0 Å². The number of carboxylic acids is 6. The maximum absolute atomic E-state index is 13.9. The third kappa shape index (κ3) is 24.1.